The predicted molar refractivity (Wildman–Crippen MR) is 301 cm³/mol. The van der Waals surface area contributed by atoms with E-state index < -0.39 is 130 Å². The predicted octanol–water partition coefficient (Wildman–Crippen LogP) is 8.53. The van der Waals surface area contributed by atoms with Gasteiger partial charge < -0.3 is 14.6 Å². The Morgan fingerprint density at radius 1 is 0.694 bits per heavy atom. The van der Waals surface area contributed by atoms with E-state index >= 15 is 0 Å². The molecule has 0 aliphatic carbocycles. The Kier molecular flexibility index (Phi) is 17.7. The van der Waals surface area contributed by atoms with Crippen LogP contribution in [0.15, 0.2) is 110 Å². The molecule has 3 aromatic heterocycles. The van der Waals surface area contributed by atoms with E-state index in [1.807, 2.05) is 6.07 Å². The standard InChI is InChI=1S/C45H38N10O22S8/c1-21-12-30(50-53-38-22(2)27(19-46)43-47-28-7-6-23(20-56)42(85(73,74)75)40(28)55(43)44(38)57)34(77-8-4-10-80(58,59)60)16-29(21)49-52-32-17-33(76-3)31(18-35(32)78-9-5-11-81(61,62)63)51-54-45-48-39-37(84(70,71)72)15-25-26(41(39)79-45)13-24(82(64,65)66)14-36(25)83(67,68)69/h6-7,12-18,20,57H,4-5,8-11H2,1-3H3,(H,58,59,60)(H,61,62,63)(H,64,65,66)(H,67,68,69)(H,70,71,72)(H,73,74,75). The number of carbonyl (C=O) groups is 1. The summed E-state index contributed by atoms with van der Waals surface area (Å²) in [7, 11) is -28.6. The summed E-state index contributed by atoms with van der Waals surface area (Å²) in [5, 5.41) is 46.0. The van der Waals surface area contributed by atoms with Crippen molar-refractivity contribution in [3.63, 3.8) is 0 Å². The molecule has 0 atom stereocenters. The number of thiazole rings is 1. The van der Waals surface area contributed by atoms with Crippen molar-refractivity contribution in [1.82, 2.24) is 14.4 Å². The van der Waals surface area contributed by atoms with Gasteiger partial charge in [-0.25, -0.2) is 9.97 Å². The third kappa shape index (κ3) is 13.9. The zero-order valence-electron chi connectivity index (χ0n) is 43.0. The first-order valence-electron chi connectivity index (χ1n) is 23.2. The van der Waals surface area contributed by atoms with Crippen molar-refractivity contribution >= 4 is 161 Å². The quantitative estimate of drug-likeness (QED) is 0.0110. The number of rotatable bonds is 22. The molecule has 0 saturated heterocycles. The number of hydrogen-bond acceptors (Lipinski definition) is 27. The number of methoxy groups -OCH3 is 1. The number of ether oxygens (including phenoxy) is 2. The number of azo groups is 3. The maximum Gasteiger partial charge on any atom is 0.297 e. The van der Waals surface area contributed by atoms with Crippen LogP contribution in [0.5, 0.6) is 17.4 Å². The highest BCUT2D eigenvalue weighted by Gasteiger charge is 2.30. The van der Waals surface area contributed by atoms with Crippen LogP contribution >= 0.6 is 23.1 Å². The number of aldehydes is 1. The van der Waals surface area contributed by atoms with Crippen LogP contribution in [0, 0.1) is 25.2 Å². The van der Waals surface area contributed by atoms with Crippen molar-refractivity contribution in [1.29, 1.82) is 5.26 Å². The zero-order chi connectivity index (χ0) is 62.5. The maximum absolute atomic E-state index is 12.6. The van der Waals surface area contributed by atoms with Crippen molar-refractivity contribution in [2.45, 2.75) is 51.2 Å². The van der Waals surface area contributed by atoms with Gasteiger partial charge in [0.25, 0.3) is 60.7 Å². The lowest BCUT2D eigenvalue weighted by Crippen LogP contribution is -2.08. The normalized spacial score (nSPS) is 13.1. The van der Waals surface area contributed by atoms with Gasteiger partial charge in [-0.2, -0.15) is 60.9 Å². The lowest BCUT2D eigenvalue weighted by Gasteiger charge is -2.12. The Balaban J connectivity index is 1.23. The fourth-order valence-corrected chi connectivity index (χ4v) is 14.2. The second-order valence-corrected chi connectivity index (χ2v) is 28.5. The van der Waals surface area contributed by atoms with E-state index in [0.29, 0.717) is 23.5 Å². The molecule has 7 N–H and O–H groups in total. The molecule has 85 heavy (non-hydrogen) atoms. The molecule has 5 aromatic carbocycles. The van der Waals surface area contributed by atoms with Crippen LogP contribution in [0.1, 0.15) is 39.9 Å². The van der Waals surface area contributed by atoms with Crippen molar-refractivity contribution in [3.8, 4) is 23.4 Å². The van der Waals surface area contributed by atoms with Gasteiger partial charge in [0.1, 0.15) is 60.4 Å². The summed E-state index contributed by atoms with van der Waals surface area (Å²) in [5.74, 6) is -2.51. The molecule has 32 nitrogen and oxygen atoms in total. The number of aryl methyl sites for hydroxylation is 1. The van der Waals surface area contributed by atoms with Crippen molar-refractivity contribution in [2.75, 3.05) is 31.0 Å². The average molecular weight is 1330 g/mol. The average Bonchev–Trinajstić information content (AvgIpc) is 1.84. The first kappa shape index (κ1) is 63.4. The minimum Gasteiger partial charge on any atom is -0.494 e. The molecule has 448 valence electrons. The summed E-state index contributed by atoms with van der Waals surface area (Å²) >= 11 is 1.47. The highest BCUT2D eigenvalue weighted by molar-refractivity contribution is 7.99. The number of imidazole rings is 1. The van der Waals surface area contributed by atoms with E-state index in [1.54, 1.807) is 0 Å². The molecule has 0 saturated carbocycles. The van der Waals surface area contributed by atoms with Gasteiger partial charge in [-0.1, -0.05) is 11.3 Å². The summed E-state index contributed by atoms with van der Waals surface area (Å²) in [4.78, 5) is 16.4. The van der Waals surface area contributed by atoms with E-state index in [9.17, 15) is 93.0 Å². The zero-order valence-corrected chi connectivity index (χ0v) is 49.5. The summed E-state index contributed by atoms with van der Waals surface area (Å²) in [6.07, 6.45) is -0.243. The van der Waals surface area contributed by atoms with Crippen LogP contribution in [0.3, 0.4) is 0 Å². The van der Waals surface area contributed by atoms with Gasteiger partial charge in [0.2, 0.25) is 11.0 Å². The summed E-state index contributed by atoms with van der Waals surface area (Å²) in [6.45, 7) is 2.50. The molecule has 0 aliphatic rings. The number of nitriles is 1. The minimum absolute atomic E-state index is 0.00230. The van der Waals surface area contributed by atoms with Crippen LogP contribution in [-0.4, -0.2) is 135 Å². The first-order valence-corrected chi connectivity index (χ1v) is 34.0. The Bertz CT molecular complexity index is 5030. The summed E-state index contributed by atoms with van der Waals surface area (Å²) < 4.78 is 217. The maximum atomic E-state index is 12.6. The number of hydrogen-bond donors (Lipinski definition) is 7. The topological polar surface area (TPSA) is 510 Å². The SMILES string of the molecule is COc1cc(N=Nc2cc(OCCCS(=O)(=O)O)c(N=Nc3c(C)c(C#N)c4nc5ccc(C=O)c(S(=O)(=O)O)c5n4c3O)cc2C)c(SCCCS(=O)(=O)O)cc1N=Nc1nc2c(S(=O)(=O)O)cc3c(S(=O)(=O)O)cc(S(=O)(=O)O)cc3c2s1. The number of carbonyl (C=O) groups excluding carboxylic acids is 1. The number of fused-ring (bicyclic) bond motifs is 6. The number of benzene rings is 5. The van der Waals surface area contributed by atoms with Crippen LogP contribution < -0.4 is 9.47 Å². The van der Waals surface area contributed by atoms with E-state index in [-0.39, 0.29) is 109 Å². The third-order valence-electron chi connectivity index (χ3n) is 11.9. The highest BCUT2D eigenvalue weighted by Crippen LogP contribution is 2.46. The molecule has 0 spiro atoms. The fourth-order valence-electron chi connectivity index (χ4n) is 8.19. The number of nitrogens with zero attached hydrogens (tertiary/aromatic N) is 10. The van der Waals surface area contributed by atoms with Crippen molar-refractivity contribution in [2.24, 2.45) is 30.7 Å². The Labute approximate surface area is 488 Å². The van der Waals surface area contributed by atoms with Gasteiger partial charge >= 0.3 is 0 Å². The molecule has 0 unspecified atom stereocenters. The van der Waals surface area contributed by atoms with Gasteiger partial charge in [0.05, 0.1) is 51.5 Å². The first-order chi connectivity index (χ1) is 39.5. The molecule has 0 aliphatic heterocycles. The number of pyridine rings is 1. The van der Waals surface area contributed by atoms with E-state index in [0.717, 1.165) is 28.3 Å². The third-order valence-corrected chi connectivity index (χ3v) is 19.2. The molecule has 0 bridgehead atoms. The van der Waals surface area contributed by atoms with Crippen LogP contribution in [-0.2, 0) is 60.7 Å². The molecule has 8 rings (SSSR count). The largest absolute Gasteiger partial charge is 0.494 e. The molecular formula is C45H38N10O22S8. The van der Waals surface area contributed by atoms with Crippen molar-refractivity contribution < 1.29 is 97.2 Å². The van der Waals surface area contributed by atoms with Gasteiger partial charge in [0.15, 0.2) is 17.6 Å². The number of aromatic hydroxyl groups is 1. The van der Waals surface area contributed by atoms with Gasteiger partial charge in [0, 0.05) is 38.9 Å². The number of thioether (sulfide) groups is 1. The highest BCUT2D eigenvalue weighted by atomic mass is 32.2. The molecule has 0 radical (unpaired) electrons. The summed E-state index contributed by atoms with van der Waals surface area (Å²) in [5.41, 5.74) is -2.64. The monoisotopic (exact) mass is 1330 g/mol. The smallest absolute Gasteiger partial charge is 0.297 e. The molecule has 8 aromatic rings. The van der Waals surface area contributed by atoms with Gasteiger partial charge in [-0.3, -0.25) is 36.5 Å². The Morgan fingerprint density at radius 2 is 1.32 bits per heavy atom. The van der Waals surface area contributed by atoms with Gasteiger partial charge in [-0.15, -0.1) is 37.3 Å². The number of aromatic nitrogens is 3. The second-order valence-electron chi connectivity index (χ2n) is 17.7. The van der Waals surface area contributed by atoms with Crippen LogP contribution in [0.4, 0.5) is 33.6 Å². The molecule has 0 amide bonds. The molecule has 0 fully saturated rings. The van der Waals surface area contributed by atoms with E-state index in [2.05, 4.69) is 40.7 Å². The molecule has 3 heterocycles. The van der Waals surface area contributed by atoms with E-state index in [1.165, 1.54) is 51.3 Å². The Hall–Kier alpha value is -7.63. The minimum atomic E-state index is -5.34. The summed E-state index contributed by atoms with van der Waals surface area (Å²) in [6, 6.07) is 11.2. The lowest BCUT2D eigenvalue weighted by atomic mass is 10.1. The van der Waals surface area contributed by atoms with Crippen LogP contribution in [0.25, 0.3) is 37.7 Å². The molecule has 40 heteroatoms. The van der Waals surface area contributed by atoms with Crippen LogP contribution in [0.2, 0.25) is 0 Å². The Morgan fingerprint density at radius 3 is 1.93 bits per heavy atom. The second kappa shape index (κ2) is 23.7. The van der Waals surface area contributed by atoms with E-state index in [4.69, 9.17) is 9.47 Å². The fraction of sp³-hybridized carbons (Fsp3) is 0.200. The molecular weight excluding hydrogens is 1290 g/mol. The van der Waals surface area contributed by atoms with Gasteiger partial charge in [-0.05, 0) is 80.5 Å². The lowest BCUT2D eigenvalue weighted by molar-refractivity contribution is 0.112. The van der Waals surface area contributed by atoms with Crippen molar-refractivity contribution in [3.05, 3.63) is 76.9 Å².